The van der Waals surface area contributed by atoms with Crippen molar-refractivity contribution in [1.82, 2.24) is 4.98 Å². The van der Waals surface area contributed by atoms with Crippen molar-refractivity contribution in [3.8, 4) is 11.8 Å². The summed E-state index contributed by atoms with van der Waals surface area (Å²) in [6.07, 6.45) is 2.60. The quantitative estimate of drug-likeness (QED) is 0.477. The number of oxazole rings is 1. The number of carbonyl (C=O) groups excluding carboxylic acids is 1. The Labute approximate surface area is 171 Å². The van der Waals surface area contributed by atoms with Crippen molar-refractivity contribution in [3.05, 3.63) is 71.1 Å². The van der Waals surface area contributed by atoms with E-state index in [1.54, 1.807) is 41.3 Å². The Hall–Kier alpha value is -3.73. The van der Waals surface area contributed by atoms with Gasteiger partial charge in [-0.25, -0.2) is 0 Å². The van der Waals surface area contributed by atoms with E-state index in [0.717, 1.165) is 18.4 Å². The lowest BCUT2D eigenvalue weighted by Crippen LogP contribution is -2.17. The molecule has 8 heteroatoms. The van der Waals surface area contributed by atoms with Gasteiger partial charge in [0.25, 0.3) is 0 Å². The molecule has 30 heavy (non-hydrogen) atoms. The number of rotatable bonds is 8. The summed E-state index contributed by atoms with van der Waals surface area (Å²) in [4.78, 5) is 17.6. The van der Waals surface area contributed by atoms with Crippen LogP contribution in [0.4, 0.5) is 20.5 Å². The van der Waals surface area contributed by atoms with Crippen molar-refractivity contribution in [2.45, 2.75) is 31.9 Å². The van der Waals surface area contributed by atoms with Crippen molar-refractivity contribution in [2.24, 2.45) is 0 Å². The van der Waals surface area contributed by atoms with Gasteiger partial charge in [-0.2, -0.15) is 19.0 Å². The minimum absolute atomic E-state index is 0.0639. The third-order valence-corrected chi connectivity index (χ3v) is 4.76. The van der Waals surface area contributed by atoms with Crippen molar-refractivity contribution < 1.29 is 22.7 Å². The highest BCUT2D eigenvalue weighted by Crippen LogP contribution is 2.43. The highest BCUT2D eigenvalue weighted by molar-refractivity contribution is 5.75. The molecule has 0 bridgehead atoms. The molecule has 1 aliphatic carbocycles. The monoisotopic (exact) mass is 409 g/mol. The molecular formula is C22H17F2N3O3. The van der Waals surface area contributed by atoms with Crippen LogP contribution in [0.3, 0.4) is 0 Å². The van der Waals surface area contributed by atoms with E-state index in [2.05, 4.69) is 15.8 Å². The summed E-state index contributed by atoms with van der Waals surface area (Å²) in [6.45, 7) is -2.58. The Morgan fingerprint density at radius 3 is 2.47 bits per heavy atom. The minimum atomic E-state index is -2.89. The summed E-state index contributed by atoms with van der Waals surface area (Å²) in [5, 5.41) is 9.05. The molecule has 1 heterocycles. The molecule has 4 rings (SSSR count). The van der Waals surface area contributed by atoms with Gasteiger partial charge < -0.3 is 9.15 Å². The van der Waals surface area contributed by atoms with Crippen LogP contribution in [0.2, 0.25) is 0 Å². The molecular weight excluding hydrogens is 392 g/mol. The number of nitrogens with zero attached hydrogens (tertiary/aromatic N) is 3. The number of anilines is 2. The fourth-order valence-corrected chi connectivity index (χ4v) is 3.11. The number of aromatic nitrogens is 1. The van der Waals surface area contributed by atoms with Crippen LogP contribution in [-0.4, -0.2) is 17.9 Å². The Morgan fingerprint density at radius 1 is 1.20 bits per heavy atom. The molecule has 152 valence electrons. The number of nitriles is 1. The van der Waals surface area contributed by atoms with Crippen LogP contribution in [0.15, 0.2) is 52.9 Å². The molecule has 1 saturated carbocycles. The molecule has 3 aromatic rings. The zero-order valence-electron chi connectivity index (χ0n) is 15.8. The zero-order chi connectivity index (χ0) is 21.1. The highest BCUT2D eigenvalue weighted by atomic mass is 19.3. The summed E-state index contributed by atoms with van der Waals surface area (Å²) in [6, 6.07) is 15.4. The van der Waals surface area contributed by atoms with Gasteiger partial charge in [0.1, 0.15) is 17.2 Å². The van der Waals surface area contributed by atoms with E-state index in [-0.39, 0.29) is 23.4 Å². The third-order valence-electron chi connectivity index (χ3n) is 4.76. The first-order chi connectivity index (χ1) is 14.6. The number of hydrogen-bond acceptors (Lipinski definition) is 6. The van der Waals surface area contributed by atoms with Crippen LogP contribution >= 0.6 is 0 Å². The topological polar surface area (TPSA) is 79.4 Å². The molecule has 0 radical (unpaired) electrons. The molecule has 6 nitrogen and oxygen atoms in total. The molecule has 0 unspecified atom stereocenters. The normalized spacial score (nSPS) is 13.1. The maximum absolute atomic E-state index is 12.4. The summed E-state index contributed by atoms with van der Waals surface area (Å²) in [5.74, 6) is 0.855. The van der Waals surface area contributed by atoms with Crippen molar-refractivity contribution in [2.75, 3.05) is 4.90 Å². The predicted octanol–water partition coefficient (Wildman–Crippen LogP) is 5.18. The number of alkyl halides is 2. The average molecular weight is 409 g/mol. The molecule has 0 atom stereocenters. The Bertz CT molecular complexity index is 1070. The zero-order valence-corrected chi connectivity index (χ0v) is 15.8. The van der Waals surface area contributed by atoms with Crippen LogP contribution in [-0.2, 0) is 6.54 Å². The van der Waals surface area contributed by atoms with Gasteiger partial charge in [-0.15, -0.1) is 0 Å². The number of halogens is 2. The van der Waals surface area contributed by atoms with E-state index in [9.17, 15) is 13.6 Å². The Kier molecular flexibility index (Phi) is 5.44. The lowest BCUT2D eigenvalue weighted by Gasteiger charge is -2.21. The van der Waals surface area contributed by atoms with Crippen molar-refractivity contribution >= 4 is 18.0 Å². The van der Waals surface area contributed by atoms with E-state index in [4.69, 9.17) is 9.68 Å². The summed E-state index contributed by atoms with van der Waals surface area (Å²) >= 11 is 0. The van der Waals surface area contributed by atoms with Crippen LogP contribution < -0.4 is 9.64 Å². The Morgan fingerprint density at radius 2 is 1.90 bits per heavy atom. The lowest BCUT2D eigenvalue weighted by atomic mass is 10.1. The van der Waals surface area contributed by atoms with E-state index in [1.165, 1.54) is 12.1 Å². The number of ether oxygens (including phenoxy) is 1. The van der Waals surface area contributed by atoms with Crippen molar-refractivity contribution in [3.63, 3.8) is 0 Å². The fourth-order valence-electron chi connectivity index (χ4n) is 3.11. The summed E-state index contributed by atoms with van der Waals surface area (Å²) < 4.78 is 35.1. The molecule has 2 aromatic carbocycles. The van der Waals surface area contributed by atoms with Gasteiger partial charge in [0.15, 0.2) is 6.29 Å². The molecule has 0 amide bonds. The molecule has 0 saturated heterocycles. The number of hydrogen-bond donors (Lipinski definition) is 0. The smallest absolute Gasteiger partial charge is 0.387 e. The highest BCUT2D eigenvalue weighted by Gasteiger charge is 2.32. The van der Waals surface area contributed by atoms with Gasteiger partial charge in [-0.1, -0.05) is 12.1 Å². The van der Waals surface area contributed by atoms with E-state index in [0.29, 0.717) is 29.8 Å². The van der Waals surface area contributed by atoms with Crippen LogP contribution in [0.25, 0.3) is 0 Å². The minimum Gasteiger partial charge on any atom is -0.435 e. The van der Waals surface area contributed by atoms with Gasteiger partial charge in [0, 0.05) is 11.6 Å². The van der Waals surface area contributed by atoms with E-state index < -0.39 is 6.61 Å². The molecule has 1 aromatic heterocycles. The second kappa shape index (κ2) is 8.33. The van der Waals surface area contributed by atoms with Gasteiger partial charge in [0.05, 0.1) is 18.2 Å². The SMILES string of the molecule is N#Cc1ccc(N(Cc2ccc(OC(F)F)cc2)c2nc(C=O)c(C3CC3)o2)cc1. The lowest BCUT2D eigenvalue weighted by molar-refractivity contribution is -0.0498. The standard InChI is InChI=1S/C22H17F2N3O3/c23-21(24)29-18-9-3-15(4-10-18)12-27(17-7-1-14(11-25)2-8-17)22-26-19(13-28)20(30-22)16-5-6-16/h1-4,7-10,13,16,21H,5-6,12H2. The molecule has 0 spiro atoms. The summed E-state index contributed by atoms with van der Waals surface area (Å²) in [7, 11) is 0. The van der Waals surface area contributed by atoms with Crippen LogP contribution in [0, 0.1) is 11.3 Å². The first-order valence-electron chi connectivity index (χ1n) is 9.34. The molecule has 1 aliphatic rings. The van der Waals surface area contributed by atoms with Crippen LogP contribution in [0.1, 0.15) is 46.1 Å². The largest absolute Gasteiger partial charge is 0.435 e. The second-order valence-corrected chi connectivity index (χ2v) is 6.91. The summed E-state index contributed by atoms with van der Waals surface area (Å²) in [5.41, 5.74) is 2.29. The van der Waals surface area contributed by atoms with Gasteiger partial charge in [-0.3, -0.25) is 9.69 Å². The molecule has 0 aliphatic heterocycles. The number of benzene rings is 2. The van der Waals surface area contributed by atoms with Gasteiger partial charge in [0.2, 0.25) is 0 Å². The molecule has 1 fully saturated rings. The first-order valence-corrected chi connectivity index (χ1v) is 9.34. The van der Waals surface area contributed by atoms with E-state index >= 15 is 0 Å². The van der Waals surface area contributed by atoms with Gasteiger partial charge in [-0.05, 0) is 54.8 Å². The van der Waals surface area contributed by atoms with Gasteiger partial charge >= 0.3 is 12.6 Å². The van der Waals surface area contributed by atoms with E-state index in [1.807, 2.05) is 0 Å². The average Bonchev–Trinajstić information content (AvgIpc) is 3.52. The number of carbonyl (C=O) groups is 1. The fraction of sp³-hybridized carbons (Fsp3) is 0.227. The number of aldehydes is 1. The maximum Gasteiger partial charge on any atom is 0.387 e. The van der Waals surface area contributed by atoms with Crippen LogP contribution in [0.5, 0.6) is 5.75 Å². The predicted molar refractivity (Wildman–Crippen MR) is 104 cm³/mol. The maximum atomic E-state index is 12.4. The Balaban J connectivity index is 1.67. The third kappa shape index (κ3) is 4.30. The van der Waals surface area contributed by atoms with Crippen molar-refractivity contribution in [1.29, 1.82) is 5.26 Å². The second-order valence-electron chi connectivity index (χ2n) is 6.91. The first kappa shape index (κ1) is 19.6. The molecule has 0 N–H and O–H groups in total.